The Morgan fingerprint density at radius 3 is 1.23 bits per heavy atom. The van der Waals surface area contributed by atoms with Crippen LogP contribution in [0, 0.1) is 13.8 Å². The minimum Gasteiger partial charge on any atom is -0.406 e. The number of nitrogens with zero attached hydrogens (tertiary/aromatic N) is 2. The van der Waals surface area contributed by atoms with Crippen LogP contribution in [0.4, 0.5) is 47.3 Å². The molecule has 0 spiro atoms. The minimum absolute atomic E-state index is 0.208. The van der Waals surface area contributed by atoms with E-state index in [-0.39, 0.29) is 23.3 Å². The van der Waals surface area contributed by atoms with Crippen molar-refractivity contribution in [1.82, 2.24) is 0 Å². The van der Waals surface area contributed by atoms with Crippen LogP contribution >= 0.6 is 0 Å². The Hall–Kier alpha value is -5.69. The van der Waals surface area contributed by atoms with E-state index >= 15 is 0 Å². The van der Waals surface area contributed by atoms with Gasteiger partial charge in [-0.1, -0.05) is 139 Å². The van der Waals surface area contributed by atoms with Gasteiger partial charge >= 0.3 is 6.36 Å². The quantitative estimate of drug-likeness (QED) is 0.168. The highest BCUT2D eigenvalue weighted by Gasteiger charge is 2.47. The summed E-state index contributed by atoms with van der Waals surface area (Å²) >= 11 is 0. The van der Waals surface area contributed by atoms with Crippen LogP contribution in [0.25, 0.3) is 21.5 Å². The lowest BCUT2D eigenvalue weighted by molar-refractivity contribution is -0.274. The molecule has 0 radical (unpaired) electrons. The van der Waals surface area contributed by atoms with Gasteiger partial charge in [-0.3, -0.25) is 0 Å². The van der Waals surface area contributed by atoms with E-state index < -0.39 is 6.36 Å². The van der Waals surface area contributed by atoms with E-state index in [0.717, 1.165) is 71.8 Å². The standard InChI is InChI=1S/C49H44BF3N2O/c1-29-17-9-15-23-40(29)54-42-25-31(56-49(51,52)53)26-43-44(42)50(38-27-36(47(3,4)5)32-19-11-13-21-34(32)45(38)54)39-28-37(48(6,7)8)33-20-12-14-22-35(33)46(39)55(43)41-24-16-10-18-30(41)2/h9-28H,1-8H3. The molecule has 7 heteroatoms. The predicted octanol–water partition coefficient (Wildman–Crippen LogP) is 12.2. The Kier molecular flexibility index (Phi) is 7.97. The first-order chi connectivity index (χ1) is 26.5. The summed E-state index contributed by atoms with van der Waals surface area (Å²) in [6.45, 7) is 17.3. The molecular weight excluding hydrogens is 700 g/mol. The molecule has 9 rings (SSSR count). The van der Waals surface area contributed by atoms with Gasteiger partial charge in [0.15, 0.2) is 0 Å². The third-order valence-electron chi connectivity index (χ3n) is 11.6. The molecule has 0 amide bonds. The maximum absolute atomic E-state index is 14.4. The molecule has 0 aromatic heterocycles. The first kappa shape index (κ1) is 36.0. The summed E-state index contributed by atoms with van der Waals surface area (Å²) in [6, 6.07) is 41.2. The van der Waals surface area contributed by atoms with E-state index in [1.54, 1.807) is 12.1 Å². The van der Waals surface area contributed by atoms with Crippen molar-refractivity contribution in [3.8, 4) is 5.75 Å². The van der Waals surface area contributed by atoms with Gasteiger partial charge < -0.3 is 14.5 Å². The predicted molar refractivity (Wildman–Crippen MR) is 229 cm³/mol. The highest BCUT2D eigenvalue weighted by molar-refractivity contribution is 7.01. The van der Waals surface area contributed by atoms with Crippen molar-refractivity contribution in [3.05, 3.63) is 144 Å². The first-order valence-electron chi connectivity index (χ1n) is 19.3. The Labute approximate surface area is 327 Å². The van der Waals surface area contributed by atoms with Gasteiger partial charge in [0.05, 0.1) is 0 Å². The summed E-state index contributed by atoms with van der Waals surface area (Å²) in [4.78, 5) is 4.40. The van der Waals surface area contributed by atoms with Crippen LogP contribution in [0.1, 0.15) is 63.8 Å². The number of para-hydroxylation sites is 2. The molecule has 2 heterocycles. The maximum atomic E-state index is 14.4. The smallest absolute Gasteiger partial charge is 0.406 e. The van der Waals surface area contributed by atoms with E-state index in [1.165, 1.54) is 11.1 Å². The first-order valence-corrected chi connectivity index (χ1v) is 19.3. The fraction of sp³-hybridized carbons (Fsp3) is 0.224. The molecule has 0 saturated carbocycles. The lowest BCUT2D eigenvalue weighted by Crippen LogP contribution is -2.62. The monoisotopic (exact) mass is 744 g/mol. The van der Waals surface area contributed by atoms with E-state index in [1.807, 2.05) is 24.3 Å². The lowest BCUT2D eigenvalue weighted by Gasteiger charge is -2.46. The molecule has 0 atom stereocenters. The molecule has 2 aliphatic rings. The molecule has 0 aliphatic carbocycles. The van der Waals surface area contributed by atoms with Gasteiger partial charge in [0, 0.05) is 57.0 Å². The Morgan fingerprint density at radius 1 is 0.482 bits per heavy atom. The zero-order chi connectivity index (χ0) is 39.5. The summed E-state index contributed by atoms with van der Waals surface area (Å²) in [5, 5.41) is 4.34. The molecule has 0 unspecified atom stereocenters. The number of hydrogen-bond acceptors (Lipinski definition) is 3. The van der Waals surface area contributed by atoms with Gasteiger partial charge in [-0.05, 0) is 86.2 Å². The van der Waals surface area contributed by atoms with Crippen LogP contribution in [0.2, 0.25) is 0 Å². The highest BCUT2D eigenvalue weighted by Crippen LogP contribution is 2.51. The Balaban J connectivity index is 1.55. The Bertz CT molecular complexity index is 2560. The molecule has 3 nitrogen and oxygen atoms in total. The van der Waals surface area contributed by atoms with Crippen molar-refractivity contribution in [3.63, 3.8) is 0 Å². The summed E-state index contributed by atoms with van der Waals surface area (Å²) in [5.41, 5.74) is 12.3. The zero-order valence-electron chi connectivity index (χ0n) is 33.1. The van der Waals surface area contributed by atoms with Gasteiger partial charge in [-0.25, -0.2) is 0 Å². The van der Waals surface area contributed by atoms with Crippen molar-refractivity contribution in [2.24, 2.45) is 0 Å². The number of hydrogen-bond donors (Lipinski definition) is 0. The number of rotatable bonds is 3. The van der Waals surface area contributed by atoms with E-state index in [2.05, 4.69) is 150 Å². The highest BCUT2D eigenvalue weighted by atomic mass is 19.4. The topological polar surface area (TPSA) is 15.7 Å². The number of fused-ring (bicyclic) bond motifs is 8. The third kappa shape index (κ3) is 5.57. The molecular formula is C49H44BF3N2O. The molecule has 280 valence electrons. The number of benzene rings is 7. The fourth-order valence-corrected chi connectivity index (χ4v) is 9.25. The normalized spacial score (nSPS) is 13.9. The summed E-state index contributed by atoms with van der Waals surface area (Å²) in [5.74, 6) is -0.264. The maximum Gasteiger partial charge on any atom is 0.573 e. The van der Waals surface area contributed by atoms with Crippen molar-refractivity contribution < 1.29 is 17.9 Å². The van der Waals surface area contributed by atoms with E-state index in [4.69, 9.17) is 4.74 Å². The van der Waals surface area contributed by atoms with Gasteiger partial charge in [0.1, 0.15) is 5.75 Å². The average Bonchev–Trinajstić information content (AvgIpc) is 3.13. The Morgan fingerprint density at radius 2 is 0.857 bits per heavy atom. The van der Waals surface area contributed by atoms with Gasteiger partial charge in [0.25, 0.3) is 6.71 Å². The summed E-state index contributed by atoms with van der Waals surface area (Å²) in [6.07, 6.45) is -4.90. The van der Waals surface area contributed by atoms with Crippen molar-refractivity contribution in [2.45, 2.75) is 72.6 Å². The van der Waals surface area contributed by atoms with Crippen molar-refractivity contribution in [2.75, 3.05) is 9.80 Å². The second-order valence-corrected chi connectivity index (χ2v) is 17.4. The largest absolute Gasteiger partial charge is 0.573 e. The van der Waals surface area contributed by atoms with Crippen LogP contribution in [-0.4, -0.2) is 13.1 Å². The van der Waals surface area contributed by atoms with E-state index in [9.17, 15) is 13.2 Å². The second kappa shape index (κ2) is 12.4. The zero-order valence-corrected chi connectivity index (χ0v) is 33.1. The van der Waals surface area contributed by atoms with Crippen molar-refractivity contribution >= 4 is 78.8 Å². The molecule has 0 fully saturated rings. The van der Waals surface area contributed by atoms with Crippen LogP contribution in [-0.2, 0) is 10.8 Å². The molecule has 7 aromatic carbocycles. The number of aryl methyl sites for hydroxylation is 2. The average molecular weight is 745 g/mol. The molecule has 0 N–H and O–H groups in total. The lowest BCUT2D eigenvalue weighted by atomic mass is 9.32. The molecule has 7 aromatic rings. The third-order valence-corrected chi connectivity index (χ3v) is 11.6. The van der Waals surface area contributed by atoms with Crippen LogP contribution in [0.3, 0.4) is 0 Å². The van der Waals surface area contributed by atoms with Gasteiger partial charge in [-0.2, -0.15) is 0 Å². The van der Waals surface area contributed by atoms with Gasteiger partial charge in [0.2, 0.25) is 0 Å². The fourth-order valence-electron chi connectivity index (χ4n) is 9.25. The van der Waals surface area contributed by atoms with Crippen LogP contribution in [0.5, 0.6) is 5.75 Å². The van der Waals surface area contributed by atoms with Crippen LogP contribution < -0.4 is 30.9 Å². The molecule has 2 aliphatic heterocycles. The summed E-state index contributed by atoms with van der Waals surface area (Å²) < 4.78 is 48.2. The SMILES string of the molecule is Cc1ccccc1N1c2cc(OC(F)(F)F)cc3c2B(c2cc(C(C)(C)C)c4ccccc4c21)c1cc(C(C)(C)C)c2ccccc2c1N3c1ccccc1C. The number of alkyl halides is 3. The summed E-state index contributed by atoms with van der Waals surface area (Å²) in [7, 11) is 0. The molecule has 56 heavy (non-hydrogen) atoms. The number of halogens is 3. The van der Waals surface area contributed by atoms with Crippen molar-refractivity contribution in [1.29, 1.82) is 0 Å². The number of anilines is 6. The number of ether oxygens (including phenoxy) is 1. The van der Waals surface area contributed by atoms with Crippen LogP contribution in [0.15, 0.2) is 121 Å². The van der Waals surface area contributed by atoms with Gasteiger partial charge in [-0.15, -0.1) is 13.2 Å². The second-order valence-electron chi connectivity index (χ2n) is 17.4. The van der Waals surface area contributed by atoms with E-state index in [0.29, 0.717) is 11.4 Å². The minimum atomic E-state index is -4.90. The molecule has 0 saturated heterocycles. The molecule has 0 bridgehead atoms.